The van der Waals surface area contributed by atoms with Gasteiger partial charge in [0.25, 0.3) is 0 Å². The Hall–Kier alpha value is -2.33. The average molecular weight is 169 g/mol. The lowest BCUT2D eigenvalue weighted by Crippen LogP contribution is -1.67. The van der Waals surface area contributed by atoms with Gasteiger partial charge in [0, 0.05) is 0 Å². The summed E-state index contributed by atoms with van der Waals surface area (Å²) < 4.78 is 5.00. The second-order valence-electron chi connectivity index (χ2n) is 2.38. The summed E-state index contributed by atoms with van der Waals surface area (Å²) in [6, 6.07) is 3.09. The highest BCUT2D eigenvalue weighted by Gasteiger charge is 2.06. The number of rotatable bonds is 0. The van der Waals surface area contributed by atoms with Crippen LogP contribution >= 0.6 is 0 Å². The van der Waals surface area contributed by atoms with Crippen LogP contribution in [0.4, 0.5) is 11.4 Å². The number of nitrogens with zero attached hydrogens (tertiary/aromatic N) is 3. The normalized spacial score (nSPS) is 9.38. The molecule has 4 nitrogen and oxygen atoms in total. The summed E-state index contributed by atoms with van der Waals surface area (Å²) in [4.78, 5) is 10.3. The van der Waals surface area contributed by atoms with Gasteiger partial charge in [-0.2, -0.15) is 0 Å². The van der Waals surface area contributed by atoms with Crippen molar-refractivity contribution in [1.29, 1.82) is 0 Å². The van der Waals surface area contributed by atoms with Crippen molar-refractivity contribution in [2.45, 2.75) is 0 Å². The zero-order valence-electron chi connectivity index (χ0n) is 6.48. The van der Waals surface area contributed by atoms with Crippen molar-refractivity contribution >= 4 is 22.5 Å². The average Bonchev–Trinajstić information content (AvgIpc) is 2.62. The summed E-state index contributed by atoms with van der Waals surface area (Å²) in [5.41, 5.74) is 1.77. The van der Waals surface area contributed by atoms with Gasteiger partial charge in [0.05, 0.1) is 18.7 Å². The lowest BCUT2D eigenvalue weighted by Gasteiger charge is -1.92. The minimum Gasteiger partial charge on any atom is -0.445 e. The van der Waals surface area contributed by atoms with Gasteiger partial charge in [0.2, 0.25) is 0 Å². The van der Waals surface area contributed by atoms with Crippen LogP contribution in [0.15, 0.2) is 22.9 Å². The Labute approximate surface area is 74.1 Å². The van der Waals surface area contributed by atoms with Gasteiger partial charge in [-0.05, 0) is 12.1 Å². The summed E-state index contributed by atoms with van der Waals surface area (Å²) in [5, 5.41) is 0. The summed E-state index contributed by atoms with van der Waals surface area (Å²) >= 11 is 0. The Morgan fingerprint density at radius 3 is 2.54 bits per heavy atom. The molecule has 0 aliphatic rings. The fraction of sp³-hybridized carbons (Fsp3) is 0. The number of aromatic nitrogens is 1. The zero-order chi connectivity index (χ0) is 9.26. The van der Waals surface area contributed by atoms with Gasteiger partial charge in [0.1, 0.15) is 5.58 Å². The third-order valence-corrected chi connectivity index (χ3v) is 1.67. The molecule has 0 N–H and O–H groups in total. The fourth-order valence-electron chi connectivity index (χ4n) is 1.06. The second kappa shape index (κ2) is 2.62. The molecular formula is C9H3N3O. The van der Waals surface area contributed by atoms with Gasteiger partial charge in [-0.1, -0.05) is 0 Å². The molecule has 0 fully saturated rings. The maximum absolute atomic E-state index is 6.84. The van der Waals surface area contributed by atoms with Gasteiger partial charge < -0.3 is 4.42 Å². The Kier molecular flexibility index (Phi) is 1.47. The lowest BCUT2D eigenvalue weighted by atomic mass is 10.2. The molecule has 1 aromatic carbocycles. The van der Waals surface area contributed by atoms with Crippen molar-refractivity contribution < 1.29 is 4.42 Å². The van der Waals surface area contributed by atoms with Crippen molar-refractivity contribution in [2.75, 3.05) is 0 Å². The van der Waals surface area contributed by atoms with Crippen LogP contribution in [-0.2, 0) is 0 Å². The first kappa shape index (κ1) is 7.33. The highest BCUT2D eigenvalue weighted by atomic mass is 16.3. The van der Waals surface area contributed by atoms with Crippen molar-refractivity contribution in [2.24, 2.45) is 0 Å². The first-order chi connectivity index (χ1) is 6.35. The van der Waals surface area contributed by atoms with E-state index in [1.807, 2.05) is 0 Å². The minimum atomic E-state index is 0.305. The van der Waals surface area contributed by atoms with Gasteiger partial charge in [0.15, 0.2) is 17.8 Å². The van der Waals surface area contributed by atoms with Crippen molar-refractivity contribution in [1.82, 2.24) is 4.98 Å². The van der Waals surface area contributed by atoms with E-state index in [0.29, 0.717) is 22.5 Å². The predicted molar refractivity (Wildman–Crippen MR) is 46.5 cm³/mol. The molecule has 4 heteroatoms. The van der Waals surface area contributed by atoms with Crippen molar-refractivity contribution in [3.63, 3.8) is 0 Å². The maximum Gasteiger partial charge on any atom is 0.198 e. The van der Waals surface area contributed by atoms with Crippen LogP contribution < -0.4 is 0 Å². The summed E-state index contributed by atoms with van der Waals surface area (Å²) in [6.45, 7) is 13.7. The Balaban J connectivity index is 2.85. The number of benzene rings is 1. The SMILES string of the molecule is [C-]#[N+]c1cc2ncoc2cc1[N+]#[C-]. The Morgan fingerprint density at radius 1 is 1.15 bits per heavy atom. The first-order valence-electron chi connectivity index (χ1n) is 3.47. The minimum absolute atomic E-state index is 0.305. The molecule has 0 radical (unpaired) electrons. The van der Waals surface area contributed by atoms with E-state index < -0.39 is 0 Å². The van der Waals surface area contributed by atoms with Crippen LogP contribution in [0, 0.1) is 13.1 Å². The van der Waals surface area contributed by atoms with E-state index in [9.17, 15) is 0 Å². The van der Waals surface area contributed by atoms with E-state index in [2.05, 4.69) is 14.7 Å². The summed E-state index contributed by atoms with van der Waals surface area (Å²) in [7, 11) is 0. The topological polar surface area (TPSA) is 34.8 Å². The molecule has 0 saturated carbocycles. The highest BCUT2D eigenvalue weighted by Crippen LogP contribution is 2.32. The highest BCUT2D eigenvalue weighted by molar-refractivity contribution is 5.86. The largest absolute Gasteiger partial charge is 0.445 e. The molecule has 13 heavy (non-hydrogen) atoms. The third kappa shape index (κ3) is 1.02. The molecule has 2 rings (SSSR count). The van der Waals surface area contributed by atoms with Crippen LogP contribution in [0.1, 0.15) is 0 Å². The van der Waals surface area contributed by atoms with Gasteiger partial charge in [-0.25, -0.2) is 9.83 Å². The molecule has 0 atom stereocenters. The summed E-state index contributed by atoms with van der Waals surface area (Å²) in [5.74, 6) is 0. The van der Waals surface area contributed by atoms with Crippen LogP contribution in [0.3, 0.4) is 0 Å². The van der Waals surface area contributed by atoms with E-state index >= 15 is 0 Å². The Bertz CT molecular complexity index is 494. The van der Waals surface area contributed by atoms with Crippen molar-refractivity contribution in [3.05, 3.63) is 41.4 Å². The van der Waals surface area contributed by atoms with E-state index in [4.69, 9.17) is 17.6 Å². The molecular weight excluding hydrogens is 166 g/mol. The fourth-order valence-corrected chi connectivity index (χ4v) is 1.06. The zero-order valence-corrected chi connectivity index (χ0v) is 6.48. The molecule has 0 spiro atoms. The van der Waals surface area contributed by atoms with Gasteiger partial charge in [-0.3, -0.25) is 4.85 Å². The summed E-state index contributed by atoms with van der Waals surface area (Å²) in [6.07, 6.45) is 1.30. The van der Waals surface area contributed by atoms with Gasteiger partial charge in [-0.15, -0.1) is 0 Å². The first-order valence-corrected chi connectivity index (χ1v) is 3.47. The number of fused-ring (bicyclic) bond motifs is 1. The molecule has 1 heterocycles. The Morgan fingerprint density at radius 2 is 1.85 bits per heavy atom. The number of oxazole rings is 1. The number of hydrogen-bond acceptors (Lipinski definition) is 2. The maximum atomic E-state index is 6.84. The predicted octanol–water partition coefficient (Wildman–Crippen LogP) is 2.93. The molecule has 0 unspecified atom stereocenters. The van der Waals surface area contributed by atoms with E-state index in [-0.39, 0.29) is 0 Å². The quantitative estimate of drug-likeness (QED) is 0.568. The molecule has 2 aromatic rings. The van der Waals surface area contributed by atoms with E-state index in [1.54, 1.807) is 6.07 Å². The molecule has 1 aromatic heterocycles. The van der Waals surface area contributed by atoms with Crippen LogP contribution in [0.5, 0.6) is 0 Å². The van der Waals surface area contributed by atoms with E-state index in [1.165, 1.54) is 12.5 Å². The molecule has 0 aliphatic heterocycles. The molecule has 0 aliphatic carbocycles. The number of hydrogen-bond donors (Lipinski definition) is 0. The smallest absolute Gasteiger partial charge is 0.198 e. The van der Waals surface area contributed by atoms with Crippen LogP contribution in [0.2, 0.25) is 0 Å². The molecule has 0 bridgehead atoms. The lowest BCUT2D eigenvalue weighted by molar-refractivity contribution is 0.602. The van der Waals surface area contributed by atoms with Crippen molar-refractivity contribution in [3.8, 4) is 0 Å². The third-order valence-electron chi connectivity index (χ3n) is 1.67. The second-order valence-corrected chi connectivity index (χ2v) is 2.38. The molecule has 0 saturated heterocycles. The molecule has 60 valence electrons. The molecule has 0 amide bonds. The standard InChI is InChI=1S/C9H3N3O/c1-10-6-3-8-9(13-5-12-8)4-7(6)11-2/h3-5H. The monoisotopic (exact) mass is 169 g/mol. The van der Waals surface area contributed by atoms with Gasteiger partial charge >= 0.3 is 0 Å². The van der Waals surface area contributed by atoms with Crippen LogP contribution in [-0.4, -0.2) is 4.98 Å². The van der Waals surface area contributed by atoms with E-state index in [0.717, 1.165) is 0 Å². The van der Waals surface area contributed by atoms with Crippen LogP contribution in [0.25, 0.3) is 20.8 Å².